The summed E-state index contributed by atoms with van der Waals surface area (Å²) in [4.78, 5) is 6.51. The molecule has 1 aliphatic rings. The maximum absolute atomic E-state index is 6.22. The van der Waals surface area contributed by atoms with Crippen molar-refractivity contribution < 1.29 is 0 Å². The summed E-state index contributed by atoms with van der Waals surface area (Å²) in [6.45, 7) is 4.35. The van der Waals surface area contributed by atoms with E-state index in [1.54, 1.807) is 0 Å². The number of hydrogen-bond acceptors (Lipinski definition) is 3. The highest BCUT2D eigenvalue weighted by Crippen LogP contribution is 2.37. The quantitative estimate of drug-likeness (QED) is 0.865. The summed E-state index contributed by atoms with van der Waals surface area (Å²) in [6, 6.07) is 4.48. The third kappa shape index (κ3) is 3.05. The average molecular weight is 233 g/mol. The minimum Gasteiger partial charge on any atom is -0.327 e. The Balaban J connectivity index is 1.91. The van der Waals surface area contributed by atoms with Gasteiger partial charge in [-0.2, -0.15) is 0 Å². The molecule has 0 aliphatic heterocycles. The zero-order valence-corrected chi connectivity index (χ0v) is 10.9. The number of nitrogens with two attached hydrogens (primary N) is 1. The van der Waals surface area contributed by atoms with Crippen LogP contribution in [0.5, 0.6) is 0 Å². The summed E-state index contributed by atoms with van der Waals surface area (Å²) in [5.74, 6) is 0. The summed E-state index contributed by atoms with van der Waals surface area (Å²) in [5, 5.41) is 0. The zero-order chi connectivity index (χ0) is 12.3. The number of nitrogens with zero attached hydrogens (tertiary/aromatic N) is 2. The Morgan fingerprint density at radius 3 is 3.00 bits per heavy atom. The van der Waals surface area contributed by atoms with Crippen molar-refractivity contribution in [3.8, 4) is 0 Å². The van der Waals surface area contributed by atoms with Crippen molar-refractivity contribution in [3.05, 3.63) is 30.1 Å². The molecule has 2 unspecified atom stereocenters. The Labute approximate surface area is 104 Å². The predicted octanol–water partition coefficient (Wildman–Crippen LogP) is 2.03. The van der Waals surface area contributed by atoms with Crippen molar-refractivity contribution in [2.75, 3.05) is 13.6 Å². The Morgan fingerprint density at radius 2 is 2.41 bits per heavy atom. The molecule has 0 radical (unpaired) electrons. The summed E-state index contributed by atoms with van der Waals surface area (Å²) in [5.41, 5.74) is 7.77. The van der Waals surface area contributed by atoms with Gasteiger partial charge < -0.3 is 10.6 Å². The average Bonchev–Trinajstić information content (AvgIpc) is 2.60. The Kier molecular flexibility index (Phi) is 3.79. The molecule has 1 aromatic rings. The Bertz CT molecular complexity index is 352. The van der Waals surface area contributed by atoms with E-state index in [0.29, 0.717) is 6.04 Å². The van der Waals surface area contributed by atoms with Gasteiger partial charge in [0, 0.05) is 31.5 Å². The Morgan fingerprint density at radius 1 is 1.59 bits per heavy atom. The first-order valence-corrected chi connectivity index (χ1v) is 6.43. The lowest BCUT2D eigenvalue weighted by atomic mass is 9.84. The number of rotatable bonds is 4. The normalized spacial score (nSPS) is 28.8. The van der Waals surface area contributed by atoms with Crippen molar-refractivity contribution in [2.24, 2.45) is 11.1 Å². The first-order chi connectivity index (χ1) is 8.10. The van der Waals surface area contributed by atoms with E-state index in [0.717, 1.165) is 13.1 Å². The lowest BCUT2D eigenvalue weighted by Gasteiger charge is -2.33. The summed E-state index contributed by atoms with van der Waals surface area (Å²) in [7, 11) is 2.17. The standard InChI is InChI=1S/C14H23N3/c1-14(7-3-6-13(14)15)11-17(2)10-12-5-4-8-16-9-12/h4-5,8-9,13H,3,6-7,10-11,15H2,1-2H3. The van der Waals surface area contributed by atoms with Crippen LogP contribution in [0.1, 0.15) is 31.7 Å². The van der Waals surface area contributed by atoms with Gasteiger partial charge in [0.15, 0.2) is 0 Å². The van der Waals surface area contributed by atoms with E-state index < -0.39 is 0 Å². The molecule has 1 fully saturated rings. The highest BCUT2D eigenvalue weighted by atomic mass is 15.1. The topological polar surface area (TPSA) is 42.2 Å². The van der Waals surface area contributed by atoms with Crippen LogP contribution in [-0.4, -0.2) is 29.5 Å². The largest absolute Gasteiger partial charge is 0.327 e. The fourth-order valence-electron chi connectivity index (χ4n) is 2.93. The molecule has 1 aromatic heterocycles. The van der Waals surface area contributed by atoms with Crippen LogP contribution in [0.2, 0.25) is 0 Å². The number of pyridine rings is 1. The fourth-order valence-corrected chi connectivity index (χ4v) is 2.93. The van der Waals surface area contributed by atoms with E-state index in [1.165, 1.54) is 24.8 Å². The monoisotopic (exact) mass is 233 g/mol. The molecule has 0 aromatic carbocycles. The minimum atomic E-state index is 0.289. The van der Waals surface area contributed by atoms with E-state index in [1.807, 2.05) is 18.5 Å². The maximum atomic E-state index is 6.22. The highest BCUT2D eigenvalue weighted by Gasteiger charge is 2.36. The molecular formula is C14H23N3. The molecule has 2 N–H and O–H groups in total. The van der Waals surface area contributed by atoms with E-state index in [9.17, 15) is 0 Å². The van der Waals surface area contributed by atoms with Gasteiger partial charge in [-0.1, -0.05) is 19.4 Å². The highest BCUT2D eigenvalue weighted by molar-refractivity contribution is 5.08. The van der Waals surface area contributed by atoms with Gasteiger partial charge in [0.05, 0.1) is 0 Å². The van der Waals surface area contributed by atoms with Gasteiger partial charge >= 0.3 is 0 Å². The number of aromatic nitrogens is 1. The summed E-state index contributed by atoms with van der Waals surface area (Å²) in [6.07, 6.45) is 7.46. The van der Waals surface area contributed by atoms with E-state index in [4.69, 9.17) is 5.73 Å². The van der Waals surface area contributed by atoms with Gasteiger partial charge in [-0.05, 0) is 36.9 Å². The van der Waals surface area contributed by atoms with Crippen LogP contribution in [0.25, 0.3) is 0 Å². The molecule has 0 saturated heterocycles. The van der Waals surface area contributed by atoms with Crippen molar-refractivity contribution in [2.45, 2.75) is 38.8 Å². The molecule has 17 heavy (non-hydrogen) atoms. The zero-order valence-electron chi connectivity index (χ0n) is 10.9. The maximum Gasteiger partial charge on any atom is 0.0312 e. The van der Waals surface area contributed by atoms with E-state index in [2.05, 4.69) is 29.9 Å². The predicted molar refractivity (Wildman–Crippen MR) is 70.5 cm³/mol. The lowest BCUT2D eigenvalue weighted by Crippen LogP contribution is -2.42. The molecule has 0 amide bonds. The lowest BCUT2D eigenvalue weighted by molar-refractivity contribution is 0.173. The number of hydrogen-bond donors (Lipinski definition) is 1. The molecular weight excluding hydrogens is 210 g/mol. The third-order valence-corrected chi connectivity index (χ3v) is 3.96. The van der Waals surface area contributed by atoms with Crippen molar-refractivity contribution >= 4 is 0 Å². The van der Waals surface area contributed by atoms with Crippen molar-refractivity contribution in [1.82, 2.24) is 9.88 Å². The van der Waals surface area contributed by atoms with Crippen LogP contribution >= 0.6 is 0 Å². The van der Waals surface area contributed by atoms with Crippen molar-refractivity contribution in [3.63, 3.8) is 0 Å². The van der Waals surface area contributed by atoms with Gasteiger partial charge in [0.25, 0.3) is 0 Å². The second kappa shape index (κ2) is 5.15. The molecule has 2 atom stereocenters. The third-order valence-electron chi connectivity index (χ3n) is 3.96. The SMILES string of the molecule is CN(Cc1cccnc1)CC1(C)CCCC1N. The first kappa shape index (κ1) is 12.5. The molecule has 1 heterocycles. The molecule has 1 saturated carbocycles. The van der Waals surface area contributed by atoms with Crippen LogP contribution < -0.4 is 5.73 Å². The van der Waals surface area contributed by atoms with Gasteiger partial charge in [-0.25, -0.2) is 0 Å². The summed E-state index contributed by atoms with van der Waals surface area (Å²) < 4.78 is 0. The van der Waals surface area contributed by atoms with Crippen LogP contribution in [-0.2, 0) is 6.54 Å². The van der Waals surface area contributed by atoms with E-state index >= 15 is 0 Å². The summed E-state index contributed by atoms with van der Waals surface area (Å²) >= 11 is 0. The van der Waals surface area contributed by atoms with Crippen LogP contribution in [0.4, 0.5) is 0 Å². The van der Waals surface area contributed by atoms with Gasteiger partial charge in [0.2, 0.25) is 0 Å². The fraction of sp³-hybridized carbons (Fsp3) is 0.643. The van der Waals surface area contributed by atoms with Gasteiger partial charge in [0.1, 0.15) is 0 Å². The second-order valence-electron chi connectivity index (χ2n) is 5.69. The minimum absolute atomic E-state index is 0.289. The molecule has 1 aliphatic carbocycles. The molecule has 3 heteroatoms. The van der Waals surface area contributed by atoms with Crippen LogP contribution in [0, 0.1) is 5.41 Å². The molecule has 94 valence electrons. The first-order valence-electron chi connectivity index (χ1n) is 6.43. The second-order valence-corrected chi connectivity index (χ2v) is 5.69. The molecule has 0 bridgehead atoms. The molecule has 2 rings (SSSR count). The van der Waals surface area contributed by atoms with E-state index in [-0.39, 0.29) is 5.41 Å². The van der Waals surface area contributed by atoms with Crippen molar-refractivity contribution in [1.29, 1.82) is 0 Å². The smallest absolute Gasteiger partial charge is 0.0312 e. The van der Waals surface area contributed by atoms with Gasteiger partial charge in [-0.3, -0.25) is 4.98 Å². The molecule has 0 spiro atoms. The van der Waals surface area contributed by atoms with Crippen LogP contribution in [0.3, 0.4) is 0 Å². The Hall–Kier alpha value is -0.930. The molecule has 3 nitrogen and oxygen atoms in total. The van der Waals surface area contributed by atoms with Gasteiger partial charge in [-0.15, -0.1) is 0 Å². The van der Waals surface area contributed by atoms with Crippen LogP contribution in [0.15, 0.2) is 24.5 Å².